The molecule has 0 aromatic rings. The van der Waals surface area contributed by atoms with Crippen molar-refractivity contribution in [1.29, 1.82) is 0 Å². The first-order chi connectivity index (χ1) is 7.72. The van der Waals surface area contributed by atoms with Crippen molar-refractivity contribution in [2.45, 2.75) is 59.7 Å². The van der Waals surface area contributed by atoms with Gasteiger partial charge in [-0.15, -0.1) is 0 Å². The largest absolute Gasteiger partial charge is 0.458 e. The smallest absolute Gasteiger partial charge is 0.306 e. The second-order valence-electron chi connectivity index (χ2n) is 5.85. The van der Waals surface area contributed by atoms with Gasteiger partial charge in [-0.25, -0.2) is 0 Å². The fourth-order valence-electron chi connectivity index (χ4n) is 2.30. The predicted molar refractivity (Wildman–Crippen MR) is 63.3 cm³/mol. The molecule has 4 heteroatoms. The molecule has 2 unspecified atom stereocenters. The van der Waals surface area contributed by atoms with Crippen molar-refractivity contribution < 1.29 is 19.1 Å². The predicted octanol–water partition coefficient (Wildman–Crippen LogP) is 2.31. The highest BCUT2D eigenvalue weighted by atomic mass is 16.6. The minimum atomic E-state index is -0.361. The van der Waals surface area contributed by atoms with Crippen LogP contribution in [0.2, 0.25) is 0 Å². The molecular weight excluding hydrogens is 220 g/mol. The third-order valence-corrected chi connectivity index (χ3v) is 2.99. The van der Waals surface area contributed by atoms with E-state index >= 15 is 0 Å². The Hall–Kier alpha value is -1.06. The fraction of sp³-hybridized carbons (Fsp3) is 0.846. The van der Waals surface area contributed by atoms with Crippen molar-refractivity contribution in [3.63, 3.8) is 0 Å². The second kappa shape index (κ2) is 5.07. The fourth-order valence-corrected chi connectivity index (χ4v) is 2.30. The van der Waals surface area contributed by atoms with Gasteiger partial charge in [0.15, 0.2) is 0 Å². The minimum Gasteiger partial charge on any atom is -0.458 e. The van der Waals surface area contributed by atoms with Gasteiger partial charge in [0.1, 0.15) is 12.2 Å². The third kappa shape index (κ3) is 3.72. The highest BCUT2D eigenvalue weighted by Gasteiger charge is 2.46. The summed E-state index contributed by atoms with van der Waals surface area (Å²) < 4.78 is 10.7. The van der Waals surface area contributed by atoms with Gasteiger partial charge in [-0.05, 0) is 12.3 Å². The van der Waals surface area contributed by atoms with Gasteiger partial charge in [0.2, 0.25) is 0 Å². The molecule has 1 rings (SSSR count). The summed E-state index contributed by atoms with van der Waals surface area (Å²) in [5.41, 5.74) is -0.361. The van der Waals surface area contributed by atoms with Crippen molar-refractivity contribution in [2.75, 3.05) is 0 Å². The molecule has 0 radical (unpaired) electrons. The molecule has 4 nitrogen and oxygen atoms in total. The molecule has 0 amide bonds. The standard InChI is InChI=1S/C13H22O4/c1-8(2)6-10-12(16-9(3)14)13(4,5)7-11(15)17-10/h8,10,12H,6-7H2,1-5H3. The maximum atomic E-state index is 11.5. The van der Waals surface area contributed by atoms with E-state index in [4.69, 9.17) is 9.47 Å². The van der Waals surface area contributed by atoms with E-state index in [0.717, 1.165) is 0 Å². The molecular formula is C13H22O4. The first-order valence-electron chi connectivity index (χ1n) is 6.09. The number of carbonyl (C=O) groups is 2. The lowest BCUT2D eigenvalue weighted by atomic mass is 9.77. The second-order valence-corrected chi connectivity index (χ2v) is 5.85. The van der Waals surface area contributed by atoms with Crippen LogP contribution in [0.15, 0.2) is 0 Å². The Morgan fingerprint density at radius 1 is 1.53 bits per heavy atom. The highest BCUT2D eigenvalue weighted by Crippen LogP contribution is 2.37. The van der Waals surface area contributed by atoms with E-state index in [1.807, 2.05) is 13.8 Å². The normalized spacial score (nSPS) is 27.8. The lowest BCUT2D eigenvalue weighted by Crippen LogP contribution is -2.50. The average molecular weight is 242 g/mol. The lowest BCUT2D eigenvalue weighted by Gasteiger charge is -2.42. The summed E-state index contributed by atoms with van der Waals surface area (Å²) in [6.45, 7) is 9.38. The van der Waals surface area contributed by atoms with E-state index in [-0.39, 0.29) is 29.6 Å². The maximum Gasteiger partial charge on any atom is 0.306 e. The molecule has 98 valence electrons. The zero-order chi connectivity index (χ0) is 13.2. The van der Waals surface area contributed by atoms with Gasteiger partial charge in [0.05, 0.1) is 6.42 Å². The van der Waals surface area contributed by atoms with Crippen LogP contribution in [-0.4, -0.2) is 24.1 Å². The molecule has 0 N–H and O–H groups in total. The number of hydrogen-bond acceptors (Lipinski definition) is 4. The van der Waals surface area contributed by atoms with Gasteiger partial charge >= 0.3 is 11.9 Å². The zero-order valence-electron chi connectivity index (χ0n) is 11.3. The number of hydrogen-bond donors (Lipinski definition) is 0. The molecule has 0 bridgehead atoms. The van der Waals surface area contributed by atoms with E-state index in [9.17, 15) is 9.59 Å². The van der Waals surface area contributed by atoms with Crippen molar-refractivity contribution in [3.8, 4) is 0 Å². The van der Waals surface area contributed by atoms with E-state index in [2.05, 4.69) is 13.8 Å². The van der Waals surface area contributed by atoms with Gasteiger partial charge in [-0.3, -0.25) is 9.59 Å². The van der Waals surface area contributed by atoms with Gasteiger partial charge in [-0.2, -0.15) is 0 Å². The number of cyclic esters (lactones) is 1. The molecule has 2 atom stereocenters. The monoisotopic (exact) mass is 242 g/mol. The van der Waals surface area contributed by atoms with Crippen LogP contribution < -0.4 is 0 Å². The Labute approximate surface area is 103 Å². The molecule has 1 heterocycles. The zero-order valence-corrected chi connectivity index (χ0v) is 11.3. The molecule has 0 aromatic carbocycles. The third-order valence-electron chi connectivity index (χ3n) is 2.99. The van der Waals surface area contributed by atoms with Crippen LogP contribution in [0.4, 0.5) is 0 Å². The van der Waals surface area contributed by atoms with E-state index in [0.29, 0.717) is 18.8 Å². The molecule has 1 fully saturated rings. The van der Waals surface area contributed by atoms with Crippen molar-refractivity contribution in [2.24, 2.45) is 11.3 Å². The molecule has 0 spiro atoms. The summed E-state index contributed by atoms with van der Waals surface area (Å²) in [6.07, 6.45) is 0.336. The van der Waals surface area contributed by atoms with Gasteiger partial charge in [-0.1, -0.05) is 27.7 Å². The molecule has 0 saturated carbocycles. The topological polar surface area (TPSA) is 52.6 Å². The number of rotatable bonds is 3. The number of esters is 2. The first kappa shape index (κ1) is 14.0. The van der Waals surface area contributed by atoms with Crippen molar-refractivity contribution in [1.82, 2.24) is 0 Å². The Kier molecular flexibility index (Phi) is 4.17. The molecule has 1 aliphatic heterocycles. The Bertz CT molecular complexity index is 307. The molecule has 0 aromatic heterocycles. The summed E-state index contributed by atoms with van der Waals surface area (Å²) in [7, 11) is 0. The van der Waals surface area contributed by atoms with Gasteiger partial charge < -0.3 is 9.47 Å². The Morgan fingerprint density at radius 3 is 2.59 bits per heavy atom. The van der Waals surface area contributed by atoms with Crippen LogP contribution in [-0.2, 0) is 19.1 Å². The minimum absolute atomic E-state index is 0.205. The highest BCUT2D eigenvalue weighted by molar-refractivity contribution is 5.72. The number of ether oxygens (including phenoxy) is 2. The van der Waals surface area contributed by atoms with E-state index in [1.165, 1.54) is 6.92 Å². The average Bonchev–Trinajstić information content (AvgIpc) is 2.08. The maximum absolute atomic E-state index is 11.5. The van der Waals surface area contributed by atoms with Gasteiger partial charge in [0.25, 0.3) is 0 Å². The first-order valence-corrected chi connectivity index (χ1v) is 6.09. The number of carbonyl (C=O) groups excluding carboxylic acids is 2. The molecule has 1 aliphatic rings. The van der Waals surface area contributed by atoms with Crippen molar-refractivity contribution >= 4 is 11.9 Å². The summed E-state index contributed by atoms with van der Waals surface area (Å²) in [5.74, 6) is -0.140. The quantitative estimate of drug-likeness (QED) is 0.713. The van der Waals surface area contributed by atoms with Crippen LogP contribution in [0.5, 0.6) is 0 Å². The van der Waals surface area contributed by atoms with Crippen molar-refractivity contribution in [3.05, 3.63) is 0 Å². The molecule has 17 heavy (non-hydrogen) atoms. The summed E-state index contributed by atoms with van der Waals surface area (Å²) in [6, 6.07) is 0. The molecule has 0 aliphatic carbocycles. The van der Waals surface area contributed by atoms with Crippen LogP contribution in [0.3, 0.4) is 0 Å². The summed E-state index contributed by atoms with van der Waals surface area (Å²) in [5, 5.41) is 0. The van der Waals surface area contributed by atoms with Crippen LogP contribution >= 0.6 is 0 Å². The van der Waals surface area contributed by atoms with Crippen LogP contribution in [0, 0.1) is 11.3 Å². The molecule has 1 saturated heterocycles. The Balaban J connectivity index is 2.87. The summed E-state index contributed by atoms with van der Waals surface area (Å²) >= 11 is 0. The van der Waals surface area contributed by atoms with Crippen LogP contribution in [0.25, 0.3) is 0 Å². The van der Waals surface area contributed by atoms with E-state index < -0.39 is 0 Å². The van der Waals surface area contributed by atoms with Gasteiger partial charge in [0, 0.05) is 12.3 Å². The Morgan fingerprint density at radius 2 is 2.12 bits per heavy atom. The summed E-state index contributed by atoms with van der Waals surface area (Å²) in [4.78, 5) is 22.7. The lowest BCUT2D eigenvalue weighted by molar-refractivity contribution is -0.195. The van der Waals surface area contributed by atoms with E-state index in [1.54, 1.807) is 0 Å². The SMILES string of the molecule is CC(=O)OC1C(CC(C)C)OC(=O)CC1(C)C. The van der Waals surface area contributed by atoms with Crippen LogP contribution in [0.1, 0.15) is 47.5 Å².